The number of ether oxygens (including phenoxy) is 1. The number of rotatable bonds is 6. The second kappa shape index (κ2) is 7.12. The minimum Gasteiger partial charge on any atom is -0.431 e. The fourth-order valence-electron chi connectivity index (χ4n) is 2.08. The Labute approximate surface area is 145 Å². The van der Waals surface area contributed by atoms with E-state index >= 15 is 0 Å². The highest BCUT2D eigenvalue weighted by Crippen LogP contribution is 2.23. The van der Waals surface area contributed by atoms with Crippen LogP contribution in [0.15, 0.2) is 65.0 Å². The van der Waals surface area contributed by atoms with E-state index in [0.29, 0.717) is 10.9 Å². The largest absolute Gasteiger partial charge is 0.431 e. The number of nitrogens with one attached hydrogen (secondary N) is 1. The zero-order valence-corrected chi connectivity index (χ0v) is 14.6. The third-order valence-electron chi connectivity index (χ3n) is 3.30. The molecule has 2 aromatic carbocycles. The Bertz CT molecular complexity index is 905. The first-order chi connectivity index (χ1) is 11.5. The van der Waals surface area contributed by atoms with Gasteiger partial charge in [0.15, 0.2) is 0 Å². The Morgan fingerprint density at radius 1 is 1.17 bits per heavy atom. The fraction of sp³-hybridized carbons (Fsp3) is 0.118. The lowest BCUT2D eigenvalue weighted by Crippen LogP contribution is -2.23. The van der Waals surface area contributed by atoms with E-state index in [2.05, 4.69) is 9.71 Å². The summed E-state index contributed by atoms with van der Waals surface area (Å²) in [5.41, 5.74) is 1.75. The maximum atomic E-state index is 12.3. The summed E-state index contributed by atoms with van der Waals surface area (Å²) in [5.74, 6) is 0.662. The zero-order chi connectivity index (χ0) is 17.0. The van der Waals surface area contributed by atoms with Gasteiger partial charge in [0, 0.05) is 18.1 Å². The Morgan fingerprint density at radius 2 is 1.96 bits per heavy atom. The van der Waals surface area contributed by atoms with Crippen LogP contribution in [0.5, 0.6) is 10.9 Å². The maximum Gasteiger partial charge on any atom is 0.278 e. The molecule has 0 amide bonds. The van der Waals surface area contributed by atoms with Gasteiger partial charge < -0.3 is 4.74 Å². The molecule has 0 saturated heterocycles. The van der Waals surface area contributed by atoms with E-state index in [9.17, 15) is 8.42 Å². The molecule has 5 nitrogen and oxygen atoms in total. The molecule has 124 valence electrons. The molecular weight excluding hydrogens is 344 g/mol. The van der Waals surface area contributed by atoms with Gasteiger partial charge in [-0.3, -0.25) is 0 Å². The van der Waals surface area contributed by atoms with Crippen LogP contribution in [-0.4, -0.2) is 13.4 Å². The van der Waals surface area contributed by atoms with E-state index in [1.54, 1.807) is 36.5 Å². The molecule has 1 aromatic heterocycles. The zero-order valence-electron chi connectivity index (χ0n) is 13.0. The highest BCUT2D eigenvalue weighted by molar-refractivity contribution is 7.89. The van der Waals surface area contributed by atoms with Crippen molar-refractivity contribution in [2.24, 2.45) is 0 Å². The summed E-state index contributed by atoms with van der Waals surface area (Å²) in [4.78, 5) is 4.32. The van der Waals surface area contributed by atoms with Crippen LogP contribution in [0.4, 0.5) is 0 Å². The normalized spacial score (nSPS) is 11.4. The van der Waals surface area contributed by atoms with Crippen LogP contribution in [0.3, 0.4) is 0 Å². The molecule has 1 heterocycles. The number of hydrogen-bond donors (Lipinski definition) is 1. The predicted molar refractivity (Wildman–Crippen MR) is 93.8 cm³/mol. The first-order valence-corrected chi connectivity index (χ1v) is 9.62. The number of hydrogen-bond acceptors (Lipinski definition) is 5. The predicted octanol–water partition coefficient (Wildman–Crippen LogP) is 3.72. The van der Waals surface area contributed by atoms with Crippen molar-refractivity contribution in [3.8, 4) is 10.9 Å². The lowest BCUT2D eigenvalue weighted by atomic mass is 10.2. The van der Waals surface area contributed by atoms with Crippen LogP contribution in [0.2, 0.25) is 0 Å². The fourth-order valence-corrected chi connectivity index (χ4v) is 3.71. The van der Waals surface area contributed by atoms with Crippen LogP contribution in [0.25, 0.3) is 0 Å². The number of sulfonamides is 1. The third kappa shape index (κ3) is 4.19. The third-order valence-corrected chi connectivity index (χ3v) is 5.35. The summed E-state index contributed by atoms with van der Waals surface area (Å²) in [5, 5.41) is 2.41. The van der Waals surface area contributed by atoms with Gasteiger partial charge in [-0.15, -0.1) is 0 Å². The second-order valence-corrected chi connectivity index (χ2v) is 7.81. The molecule has 0 fully saturated rings. The summed E-state index contributed by atoms with van der Waals surface area (Å²) in [6, 6.07) is 14.0. The van der Waals surface area contributed by atoms with E-state index in [1.807, 2.05) is 30.5 Å². The average Bonchev–Trinajstić information content (AvgIpc) is 3.07. The van der Waals surface area contributed by atoms with Crippen LogP contribution in [0.1, 0.15) is 11.1 Å². The first-order valence-electron chi connectivity index (χ1n) is 7.25. The van der Waals surface area contributed by atoms with Crippen LogP contribution in [0, 0.1) is 6.92 Å². The summed E-state index contributed by atoms with van der Waals surface area (Å²) < 4.78 is 32.8. The van der Waals surface area contributed by atoms with Gasteiger partial charge in [-0.2, -0.15) is 0 Å². The number of aryl methyl sites for hydroxylation is 1. The molecule has 0 saturated carbocycles. The molecule has 0 unspecified atom stereocenters. The molecule has 3 rings (SSSR count). The van der Waals surface area contributed by atoms with Crippen LogP contribution < -0.4 is 9.46 Å². The van der Waals surface area contributed by atoms with Crippen molar-refractivity contribution in [3.05, 3.63) is 71.2 Å². The van der Waals surface area contributed by atoms with E-state index in [1.165, 1.54) is 11.3 Å². The molecule has 0 atom stereocenters. The summed E-state index contributed by atoms with van der Waals surface area (Å²) in [6.45, 7) is 2.08. The molecule has 0 aliphatic rings. The Hall–Kier alpha value is -2.22. The summed E-state index contributed by atoms with van der Waals surface area (Å²) in [6.07, 6.45) is 1.68. The quantitative estimate of drug-likeness (QED) is 0.727. The van der Waals surface area contributed by atoms with Crippen molar-refractivity contribution in [1.29, 1.82) is 0 Å². The van der Waals surface area contributed by atoms with Gasteiger partial charge in [0.1, 0.15) is 5.75 Å². The van der Waals surface area contributed by atoms with E-state index in [4.69, 9.17) is 4.74 Å². The summed E-state index contributed by atoms with van der Waals surface area (Å²) in [7, 11) is -3.52. The van der Waals surface area contributed by atoms with Crippen molar-refractivity contribution >= 4 is 21.4 Å². The Kier molecular flexibility index (Phi) is 4.94. The van der Waals surface area contributed by atoms with Gasteiger partial charge in [0.25, 0.3) is 5.19 Å². The lowest BCUT2D eigenvalue weighted by molar-refractivity contribution is 0.478. The Morgan fingerprint density at radius 3 is 2.62 bits per heavy atom. The second-order valence-electron chi connectivity index (χ2n) is 5.19. The molecule has 7 heteroatoms. The first kappa shape index (κ1) is 16.6. The van der Waals surface area contributed by atoms with Crippen LogP contribution >= 0.6 is 11.3 Å². The average molecular weight is 360 g/mol. The SMILES string of the molecule is Cc1cccc(S(=O)(=O)NCc2ccc(Oc3nccs3)cc2)c1. The molecule has 0 spiro atoms. The number of aromatic nitrogens is 1. The van der Waals surface area contributed by atoms with Crippen molar-refractivity contribution in [1.82, 2.24) is 9.71 Å². The minimum atomic E-state index is -3.52. The lowest BCUT2D eigenvalue weighted by Gasteiger charge is -2.08. The van der Waals surface area contributed by atoms with E-state index in [-0.39, 0.29) is 11.4 Å². The standard InChI is InChI=1S/C17H16N2O3S2/c1-13-3-2-4-16(11-13)24(20,21)19-12-14-5-7-15(8-6-14)22-17-18-9-10-23-17/h2-11,19H,12H2,1H3. The molecule has 1 N–H and O–H groups in total. The highest BCUT2D eigenvalue weighted by atomic mass is 32.2. The molecular formula is C17H16N2O3S2. The van der Waals surface area contributed by atoms with Crippen LogP contribution in [-0.2, 0) is 16.6 Å². The van der Waals surface area contributed by atoms with E-state index < -0.39 is 10.0 Å². The van der Waals surface area contributed by atoms with Gasteiger partial charge >= 0.3 is 0 Å². The Balaban J connectivity index is 1.64. The van der Waals surface area contributed by atoms with Gasteiger partial charge in [0.05, 0.1) is 4.90 Å². The number of benzene rings is 2. The van der Waals surface area contributed by atoms with Crippen molar-refractivity contribution < 1.29 is 13.2 Å². The summed E-state index contributed by atoms with van der Waals surface area (Å²) >= 11 is 1.41. The molecule has 3 aromatic rings. The number of nitrogens with zero attached hydrogens (tertiary/aromatic N) is 1. The van der Waals surface area contributed by atoms with Gasteiger partial charge in [-0.1, -0.05) is 35.6 Å². The molecule has 0 aliphatic carbocycles. The van der Waals surface area contributed by atoms with Gasteiger partial charge in [0.2, 0.25) is 10.0 Å². The van der Waals surface area contributed by atoms with Crippen molar-refractivity contribution in [2.75, 3.05) is 0 Å². The minimum absolute atomic E-state index is 0.216. The van der Waals surface area contributed by atoms with Crippen molar-refractivity contribution in [2.45, 2.75) is 18.4 Å². The molecule has 24 heavy (non-hydrogen) atoms. The molecule has 0 aliphatic heterocycles. The monoisotopic (exact) mass is 360 g/mol. The highest BCUT2D eigenvalue weighted by Gasteiger charge is 2.13. The molecule has 0 radical (unpaired) electrons. The van der Waals surface area contributed by atoms with Gasteiger partial charge in [-0.25, -0.2) is 18.1 Å². The smallest absolute Gasteiger partial charge is 0.278 e. The van der Waals surface area contributed by atoms with Gasteiger partial charge in [-0.05, 0) is 42.3 Å². The molecule has 0 bridgehead atoms. The van der Waals surface area contributed by atoms with E-state index in [0.717, 1.165) is 11.1 Å². The maximum absolute atomic E-state index is 12.3. The number of thiazole rings is 1. The van der Waals surface area contributed by atoms with Crippen molar-refractivity contribution in [3.63, 3.8) is 0 Å². The topological polar surface area (TPSA) is 68.3 Å².